The van der Waals surface area contributed by atoms with Gasteiger partial charge in [0.1, 0.15) is 0 Å². The van der Waals surface area contributed by atoms with Crippen molar-refractivity contribution in [2.45, 2.75) is 25.5 Å². The average molecular weight is 385 g/mol. The summed E-state index contributed by atoms with van der Waals surface area (Å²) in [6.45, 7) is 5.18. The van der Waals surface area contributed by atoms with Gasteiger partial charge in [0.25, 0.3) is 5.91 Å². The van der Waals surface area contributed by atoms with Crippen molar-refractivity contribution < 1.29 is 18.0 Å². The number of sulfone groups is 1. The molecule has 1 aliphatic rings. The third kappa shape index (κ3) is 5.74. The number of thioether (sulfide) groups is 1. The minimum absolute atomic E-state index is 0.00446. The molecule has 2 amide bonds. The minimum Gasteiger partial charge on any atom is -0.339 e. The lowest BCUT2D eigenvalue weighted by molar-refractivity contribution is -0.113. The Labute approximate surface area is 153 Å². The van der Waals surface area contributed by atoms with Crippen molar-refractivity contribution >= 4 is 39.1 Å². The molecule has 0 bridgehead atoms. The summed E-state index contributed by atoms with van der Waals surface area (Å²) in [6.07, 6.45) is 0.614. The number of amides is 2. The van der Waals surface area contributed by atoms with Gasteiger partial charge in [-0.05, 0) is 44.5 Å². The van der Waals surface area contributed by atoms with Gasteiger partial charge in [-0.3, -0.25) is 9.59 Å². The zero-order chi connectivity index (χ0) is 18.4. The number of rotatable bonds is 7. The summed E-state index contributed by atoms with van der Waals surface area (Å²) in [6, 6.07) is 6.82. The lowest BCUT2D eigenvalue weighted by atomic mass is 10.2. The third-order valence-corrected chi connectivity index (χ3v) is 7.39. The second-order valence-electron chi connectivity index (χ2n) is 5.94. The third-order valence-electron chi connectivity index (χ3n) is 4.11. The lowest BCUT2D eigenvalue weighted by Crippen LogP contribution is -2.30. The molecule has 1 aliphatic heterocycles. The summed E-state index contributed by atoms with van der Waals surface area (Å²) in [5.74, 6) is 0.403. The van der Waals surface area contributed by atoms with E-state index in [4.69, 9.17) is 0 Å². The molecule has 1 aromatic rings. The Morgan fingerprint density at radius 1 is 1.20 bits per heavy atom. The normalized spacial score (nSPS) is 18.7. The summed E-state index contributed by atoms with van der Waals surface area (Å²) < 4.78 is 22.8. The number of nitrogens with one attached hydrogen (secondary N) is 1. The van der Waals surface area contributed by atoms with Crippen LogP contribution in [0.25, 0.3) is 0 Å². The molecule has 0 spiro atoms. The molecule has 1 aromatic carbocycles. The Morgan fingerprint density at radius 2 is 1.84 bits per heavy atom. The SMILES string of the molecule is CCN(CC)C(=O)c1ccc(NC(=O)CSC2CCS(=O)(=O)C2)cc1. The average Bonchev–Trinajstić information content (AvgIpc) is 2.94. The molecule has 0 saturated carbocycles. The van der Waals surface area contributed by atoms with Crippen molar-refractivity contribution in [1.29, 1.82) is 0 Å². The lowest BCUT2D eigenvalue weighted by Gasteiger charge is -2.18. The molecule has 1 fully saturated rings. The first kappa shape index (κ1) is 19.8. The molecule has 0 radical (unpaired) electrons. The Kier molecular flexibility index (Phi) is 6.89. The molecule has 1 unspecified atom stereocenters. The van der Waals surface area contributed by atoms with Crippen LogP contribution in [0, 0.1) is 0 Å². The minimum atomic E-state index is -2.92. The van der Waals surface area contributed by atoms with Gasteiger partial charge in [-0.1, -0.05) is 0 Å². The molecule has 2 rings (SSSR count). The van der Waals surface area contributed by atoms with E-state index < -0.39 is 9.84 Å². The van der Waals surface area contributed by atoms with Crippen LogP contribution in [0.3, 0.4) is 0 Å². The Bertz CT molecular complexity index is 713. The number of anilines is 1. The van der Waals surface area contributed by atoms with Crippen LogP contribution < -0.4 is 5.32 Å². The summed E-state index contributed by atoms with van der Waals surface area (Å²) in [7, 11) is -2.92. The standard InChI is InChI=1S/C17H24N2O4S2/c1-3-19(4-2)17(21)13-5-7-14(8-6-13)18-16(20)11-24-15-9-10-25(22,23)12-15/h5-8,15H,3-4,9-12H2,1-2H3,(H,18,20). The highest BCUT2D eigenvalue weighted by molar-refractivity contribution is 8.02. The highest BCUT2D eigenvalue weighted by Gasteiger charge is 2.28. The van der Waals surface area contributed by atoms with Crippen LogP contribution in [0.2, 0.25) is 0 Å². The van der Waals surface area contributed by atoms with Crippen molar-refractivity contribution in [1.82, 2.24) is 4.90 Å². The fourth-order valence-corrected chi connectivity index (χ4v) is 6.12. The van der Waals surface area contributed by atoms with Crippen LogP contribution in [-0.2, 0) is 14.6 Å². The number of carbonyl (C=O) groups excluding carboxylic acids is 2. The van der Waals surface area contributed by atoms with Crippen LogP contribution in [0.15, 0.2) is 24.3 Å². The molecular weight excluding hydrogens is 360 g/mol. The van der Waals surface area contributed by atoms with Gasteiger partial charge >= 0.3 is 0 Å². The number of hydrogen-bond donors (Lipinski definition) is 1. The van der Waals surface area contributed by atoms with Crippen molar-refractivity contribution in [2.24, 2.45) is 0 Å². The van der Waals surface area contributed by atoms with Gasteiger partial charge in [-0.2, -0.15) is 0 Å². The molecule has 25 heavy (non-hydrogen) atoms. The van der Waals surface area contributed by atoms with Gasteiger partial charge in [0, 0.05) is 29.6 Å². The molecule has 1 N–H and O–H groups in total. The van der Waals surface area contributed by atoms with Gasteiger partial charge in [0.05, 0.1) is 17.3 Å². The fraction of sp³-hybridized carbons (Fsp3) is 0.529. The highest BCUT2D eigenvalue weighted by atomic mass is 32.2. The number of nitrogens with zero attached hydrogens (tertiary/aromatic N) is 1. The van der Waals surface area contributed by atoms with E-state index in [2.05, 4.69) is 5.32 Å². The van der Waals surface area contributed by atoms with Crippen LogP contribution >= 0.6 is 11.8 Å². The largest absolute Gasteiger partial charge is 0.339 e. The maximum absolute atomic E-state index is 12.2. The molecule has 0 aromatic heterocycles. The van der Waals surface area contributed by atoms with E-state index in [0.717, 1.165) is 0 Å². The molecule has 8 heteroatoms. The summed E-state index contributed by atoms with van der Waals surface area (Å²) in [4.78, 5) is 26.0. The van der Waals surface area contributed by atoms with E-state index in [-0.39, 0.29) is 34.3 Å². The molecular formula is C17H24N2O4S2. The van der Waals surface area contributed by atoms with E-state index in [0.29, 0.717) is 30.8 Å². The number of hydrogen-bond acceptors (Lipinski definition) is 5. The van der Waals surface area contributed by atoms with Crippen LogP contribution in [0.5, 0.6) is 0 Å². The van der Waals surface area contributed by atoms with Crippen molar-refractivity contribution in [3.05, 3.63) is 29.8 Å². The zero-order valence-electron chi connectivity index (χ0n) is 14.5. The van der Waals surface area contributed by atoms with Crippen molar-refractivity contribution in [2.75, 3.05) is 35.7 Å². The first-order chi connectivity index (χ1) is 11.8. The molecule has 1 heterocycles. The second-order valence-corrected chi connectivity index (χ2v) is 9.46. The Hall–Kier alpha value is -1.54. The maximum atomic E-state index is 12.2. The maximum Gasteiger partial charge on any atom is 0.253 e. The van der Waals surface area contributed by atoms with Crippen molar-refractivity contribution in [3.8, 4) is 0 Å². The molecule has 138 valence electrons. The molecule has 6 nitrogen and oxygen atoms in total. The molecule has 1 saturated heterocycles. The van der Waals surface area contributed by atoms with Gasteiger partial charge in [0.15, 0.2) is 9.84 Å². The van der Waals surface area contributed by atoms with Gasteiger partial charge < -0.3 is 10.2 Å². The first-order valence-corrected chi connectivity index (χ1v) is 11.2. The number of carbonyl (C=O) groups is 2. The number of benzene rings is 1. The Morgan fingerprint density at radius 3 is 2.36 bits per heavy atom. The highest BCUT2D eigenvalue weighted by Crippen LogP contribution is 2.24. The quantitative estimate of drug-likeness (QED) is 0.778. The van der Waals surface area contributed by atoms with Gasteiger partial charge in [-0.25, -0.2) is 8.42 Å². The summed E-state index contributed by atoms with van der Waals surface area (Å²) in [5, 5.41) is 2.78. The Balaban J connectivity index is 1.84. The summed E-state index contributed by atoms with van der Waals surface area (Å²) in [5.41, 5.74) is 1.22. The second kappa shape index (κ2) is 8.71. The smallest absolute Gasteiger partial charge is 0.253 e. The molecule has 1 atom stereocenters. The predicted molar refractivity (Wildman–Crippen MR) is 102 cm³/mol. The summed E-state index contributed by atoms with van der Waals surface area (Å²) >= 11 is 1.38. The monoisotopic (exact) mass is 384 g/mol. The van der Waals surface area contributed by atoms with Crippen LogP contribution in [0.4, 0.5) is 5.69 Å². The van der Waals surface area contributed by atoms with Crippen LogP contribution in [0.1, 0.15) is 30.6 Å². The fourth-order valence-electron chi connectivity index (χ4n) is 2.67. The van der Waals surface area contributed by atoms with E-state index in [1.807, 2.05) is 13.8 Å². The van der Waals surface area contributed by atoms with E-state index >= 15 is 0 Å². The van der Waals surface area contributed by atoms with Gasteiger partial charge in [0.2, 0.25) is 5.91 Å². The predicted octanol–water partition coefficient (Wildman–Crippen LogP) is 2.03. The topological polar surface area (TPSA) is 83.6 Å². The van der Waals surface area contributed by atoms with E-state index in [1.165, 1.54) is 11.8 Å². The zero-order valence-corrected chi connectivity index (χ0v) is 16.2. The van der Waals surface area contributed by atoms with Crippen LogP contribution in [-0.4, -0.2) is 60.7 Å². The van der Waals surface area contributed by atoms with E-state index in [9.17, 15) is 18.0 Å². The van der Waals surface area contributed by atoms with Gasteiger partial charge in [-0.15, -0.1) is 11.8 Å². The first-order valence-electron chi connectivity index (χ1n) is 8.36. The van der Waals surface area contributed by atoms with E-state index in [1.54, 1.807) is 29.2 Å². The van der Waals surface area contributed by atoms with Crippen molar-refractivity contribution in [3.63, 3.8) is 0 Å². The molecule has 0 aliphatic carbocycles.